The first kappa shape index (κ1) is 20.1. The van der Waals surface area contributed by atoms with E-state index in [2.05, 4.69) is 21.7 Å². The third kappa shape index (κ3) is 4.61. The number of rotatable bonds is 7. The number of ether oxygens (including phenoxy) is 1. The number of aryl methyl sites for hydroxylation is 1. The first-order chi connectivity index (χ1) is 14.0. The number of nitrogens with zero attached hydrogens (tertiary/aromatic N) is 4. The second-order valence-electron chi connectivity index (χ2n) is 6.59. The van der Waals surface area contributed by atoms with Crippen molar-refractivity contribution < 1.29 is 13.9 Å². The van der Waals surface area contributed by atoms with Gasteiger partial charge in [-0.15, -0.1) is 10.2 Å². The van der Waals surface area contributed by atoms with E-state index in [0.717, 1.165) is 35.5 Å². The number of esters is 1. The molecule has 0 radical (unpaired) electrons. The Labute approximate surface area is 169 Å². The van der Waals surface area contributed by atoms with Crippen molar-refractivity contribution >= 4 is 12.0 Å². The third-order valence-electron chi connectivity index (χ3n) is 4.51. The number of carbonyl (C=O) groups excluding carboxylic acids is 1. The fourth-order valence-corrected chi connectivity index (χ4v) is 3.05. The Morgan fingerprint density at radius 1 is 1.28 bits per heavy atom. The van der Waals surface area contributed by atoms with Crippen molar-refractivity contribution in [1.82, 2.24) is 14.8 Å². The van der Waals surface area contributed by atoms with Crippen LogP contribution >= 0.6 is 0 Å². The molecular formula is C22H22N4O3. The molecule has 1 aromatic carbocycles. The standard InChI is InChI=1S/C22H22N4O3/c1-4-10-26-15(2)11-18(16(26)3)12-19(13-23)22(27)28-14-20-24-25-21(29-20)17-8-6-5-7-9-17/h5-9,11-12H,4,10,14H2,1-3H3/b19-12+. The Morgan fingerprint density at radius 3 is 2.72 bits per heavy atom. The van der Waals surface area contributed by atoms with Gasteiger partial charge in [0.15, 0.2) is 6.61 Å². The van der Waals surface area contributed by atoms with E-state index in [9.17, 15) is 10.1 Å². The quantitative estimate of drug-likeness (QED) is 0.341. The maximum atomic E-state index is 12.3. The van der Waals surface area contributed by atoms with Crippen molar-refractivity contribution in [2.45, 2.75) is 40.3 Å². The van der Waals surface area contributed by atoms with Crippen LogP contribution in [0.25, 0.3) is 17.5 Å². The molecule has 0 saturated heterocycles. The maximum Gasteiger partial charge on any atom is 0.349 e. The van der Waals surface area contributed by atoms with Crippen LogP contribution in [0, 0.1) is 25.2 Å². The summed E-state index contributed by atoms with van der Waals surface area (Å²) in [6, 6.07) is 13.2. The van der Waals surface area contributed by atoms with Gasteiger partial charge in [-0.25, -0.2) is 4.79 Å². The van der Waals surface area contributed by atoms with Crippen molar-refractivity contribution in [1.29, 1.82) is 5.26 Å². The van der Waals surface area contributed by atoms with E-state index < -0.39 is 5.97 Å². The normalized spacial score (nSPS) is 11.3. The van der Waals surface area contributed by atoms with Crippen LogP contribution in [-0.2, 0) is 22.7 Å². The topological polar surface area (TPSA) is 93.9 Å². The molecule has 7 nitrogen and oxygen atoms in total. The summed E-state index contributed by atoms with van der Waals surface area (Å²) in [4.78, 5) is 12.3. The lowest BCUT2D eigenvalue weighted by molar-refractivity contribution is -0.140. The van der Waals surface area contributed by atoms with Crippen LogP contribution in [0.4, 0.5) is 0 Å². The second-order valence-corrected chi connectivity index (χ2v) is 6.59. The summed E-state index contributed by atoms with van der Waals surface area (Å²) in [5.74, 6) is -0.223. The van der Waals surface area contributed by atoms with E-state index in [1.165, 1.54) is 0 Å². The maximum absolute atomic E-state index is 12.3. The van der Waals surface area contributed by atoms with Crippen LogP contribution < -0.4 is 0 Å². The lowest BCUT2D eigenvalue weighted by Gasteiger charge is -2.07. The van der Waals surface area contributed by atoms with Crippen LogP contribution in [0.3, 0.4) is 0 Å². The lowest BCUT2D eigenvalue weighted by Crippen LogP contribution is -2.07. The van der Waals surface area contributed by atoms with Crippen molar-refractivity contribution in [3.8, 4) is 17.5 Å². The number of benzene rings is 1. The van der Waals surface area contributed by atoms with Crippen molar-refractivity contribution in [2.24, 2.45) is 0 Å². The Morgan fingerprint density at radius 2 is 2.03 bits per heavy atom. The molecule has 0 aliphatic rings. The fourth-order valence-electron chi connectivity index (χ4n) is 3.05. The van der Waals surface area contributed by atoms with Gasteiger partial charge in [-0.2, -0.15) is 5.26 Å². The number of carbonyl (C=O) groups is 1. The zero-order valence-corrected chi connectivity index (χ0v) is 16.7. The molecule has 0 atom stereocenters. The minimum atomic E-state index is -0.729. The zero-order chi connectivity index (χ0) is 20.8. The fraction of sp³-hybridized carbons (Fsp3) is 0.273. The van der Waals surface area contributed by atoms with Crippen molar-refractivity contribution in [3.63, 3.8) is 0 Å². The van der Waals surface area contributed by atoms with Crippen LogP contribution in [0.2, 0.25) is 0 Å². The summed E-state index contributed by atoms with van der Waals surface area (Å²) in [6.45, 7) is 6.77. The number of aromatic nitrogens is 3. The molecule has 7 heteroatoms. The van der Waals surface area contributed by atoms with E-state index in [1.807, 2.05) is 56.3 Å². The highest BCUT2D eigenvalue weighted by Gasteiger charge is 2.16. The molecule has 3 aromatic rings. The van der Waals surface area contributed by atoms with Crippen LogP contribution in [0.1, 0.15) is 36.2 Å². The molecule has 0 bridgehead atoms. The van der Waals surface area contributed by atoms with Gasteiger partial charge in [0.05, 0.1) is 0 Å². The van der Waals surface area contributed by atoms with E-state index >= 15 is 0 Å². The Balaban J connectivity index is 1.70. The highest BCUT2D eigenvalue weighted by molar-refractivity contribution is 5.98. The molecule has 2 heterocycles. The Bertz CT molecular complexity index is 1070. The molecule has 0 aliphatic heterocycles. The number of hydrogen-bond donors (Lipinski definition) is 0. The molecule has 148 valence electrons. The molecule has 0 saturated carbocycles. The summed E-state index contributed by atoms with van der Waals surface area (Å²) in [5, 5.41) is 17.2. The molecule has 0 unspecified atom stereocenters. The predicted octanol–water partition coefficient (Wildman–Crippen LogP) is 4.22. The smallest absolute Gasteiger partial charge is 0.349 e. The van der Waals surface area contributed by atoms with Gasteiger partial charge < -0.3 is 13.7 Å². The Hall–Kier alpha value is -3.66. The van der Waals surface area contributed by atoms with E-state index in [0.29, 0.717) is 5.89 Å². The van der Waals surface area contributed by atoms with Gasteiger partial charge in [0.25, 0.3) is 5.89 Å². The molecule has 29 heavy (non-hydrogen) atoms. The van der Waals surface area contributed by atoms with Crippen molar-refractivity contribution in [3.05, 3.63) is 64.8 Å². The summed E-state index contributed by atoms with van der Waals surface area (Å²) in [5.41, 5.74) is 3.62. The lowest BCUT2D eigenvalue weighted by atomic mass is 10.1. The summed E-state index contributed by atoms with van der Waals surface area (Å²) < 4.78 is 12.9. The zero-order valence-electron chi connectivity index (χ0n) is 16.7. The first-order valence-corrected chi connectivity index (χ1v) is 9.37. The van der Waals surface area contributed by atoms with Gasteiger partial charge in [-0.1, -0.05) is 25.1 Å². The monoisotopic (exact) mass is 390 g/mol. The van der Waals surface area contributed by atoms with E-state index in [1.54, 1.807) is 6.08 Å². The molecule has 3 rings (SSSR count). The Kier molecular flexibility index (Phi) is 6.25. The molecule has 2 aromatic heterocycles. The van der Waals surface area contributed by atoms with Gasteiger partial charge in [-0.3, -0.25) is 0 Å². The van der Waals surface area contributed by atoms with E-state index in [4.69, 9.17) is 9.15 Å². The molecule has 0 aliphatic carbocycles. The average Bonchev–Trinajstić information content (AvgIpc) is 3.31. The molecule has 0 spiro atoms. The molecule has 0 N–H and O–H groups in total. The summed E-state index contributed by atoms with van der Waals surface area (Å²) in [7, 11) is 0. The molecular weight excluding hydrogens is 368 g/mol. The van der Waals surface area contributed by atoms with Gasteiger partial charge in [0, 0.05) is 23.5 Å². The van der Waals surface area contributed by atoms with Gasteiger partial charge in [0.1, 0.15) is 11.6 Å². The summed E-state index contributed by atoms with van der Waals surface area (Å²) >= 11 is 0. The highest BCUT2D eigenvalue weighted by Crippen LogP contribution is 2.20. The summed E-state index contributed by atoms with van der Waals surface area (Å²) in [6.07, 6.45) is 2.56. The highest BCUT2D eigenvalue weighted by atomic mass is 16.5. The second kappa shape index (κ2) is 9.02. The number of hydrogen-bond acceptors (Lipinski definition) is 6. The van der Waals surface area contributed by atoms with Crippen molar-refractivity contribution in [2.75, 3.05) is 0 Å². The van der Waals surface area contributed by atoms with E-state index in [-0.39, 0.29) is 18.1 Å². The SMILES string of the molecule is CCCn1c(C)cc(/C=C(\C#N)C(=O)OCc2nnc(-c3ccccc3)o2)c1C. The minimum Gasteiger partial charge on any atom is -0.451 e. The molecule has 0 amide bonds. The van der Waals surface area contributed by atoms with Gasteiger partial charge >= 0.3 is 5.97 Å². The average molecular weight is 390 g/mol. The largest absolute Gasteiger partial charge is 0.451 e. The van der Waals surface area contributed by atoms with Crippen LogP contribution in [-0.4, -0.2) is 20.7 Å². The van der Waals surface area contributed by atoms with Crippen LogP contribution in [0.15, 0.2) is 46.4 Å². The van der Waals surface area contributed by atoms with Gasteiger partial charge in [-0.05, 0) is 50.1 Å². The third-order valence-corrected chi connectivity index (χ3v) is 4.51. The number of nitriles is 1. The van der Waals surface area contributed by atoms with Gasteiger partial charge in [0.2, 0.25) is 5.89 Å². The minimum absolute atomic E-state index is 0.0791. The predicted molar refractivity (Wildman–Crippen MR) is 107 cm³/mol. The van der Waals surface area contributed by atoms with Crippen LogP contribution in [0.5, 0.6) is 0 Å². The molecule has 0 fully saturated rings. The first-order valence-electron chi connectivity index (χ1n) is 9.37.